The van der Waals surface area contributed by atoms with E-state index in [1.54, 1.807) is 0 Å². The maximum atomic E-state index is 12.4. The molecule has 3 aromatic rings. The topological polar surface area (TPSA) is 36.4 Å². The number of rotatable bonds is 6. The van der Waals surface area contributed by atoms with Gasteiger partial charge >= 0.3 is 0 Å². The summed E-state index contributed by atoms with van der Waals surface area (Å²) in [4.78, 5) is 21.3. The van der Waals surface area contributed by atoms with Crippen LogP contribution in [0.15, 0.2) is 73.1 Å². The van der Waals surface area contributed by atoms with Crippen LogP contribution in [0.1, 0.15) is 27.9 Å². The summed E-state index contributed by atoms with van der Waals surface area (Å²) in [7, 11) is 0. The number of carbonyl (C=O) groups excluding carboxylic acids is 1. The summed E-state index contributed by atoms with van der Waals surface area (Å²) in [6.07, 6.45) is 5.03. The molecule has 1 aliphatic heterocycles. The fourth-order valence-electron chi connectivity index (χ4n) is 3.79. The van der Waals surface area contributed by atoms with Crippen molar-refractivity contribution in [1.82, 2.24) is 4.98 Å². The van der Waals surface area contributed by atoms with Gasteiger partial charge in [0.2, 0.25) is 0 Å². The minimum Gasteiger partial charge on any atom is -0.368 e. The Morgan fingerprint density at radius 3 is 1.93 bits per heavy atom. The highest BCUT2D eigenvalue weighted by molar-refractivity contribution is 5.96. The number of carbonyl (C=O) groups is 1. The van der Waals surface area contributed by atoms with Crippen molar-refractivity contribution >= 4 is 17.2 Å². The van der Waals surface area contributed by atoms with Gasteiger partial charge in [-0.05, 0) is 43.2 Å². The molecule has 1 aromatic heterocycles. The molecule has 2 heterocycles. The van der Waals surface area contributed by atoms with Crippen LogP contribution in [0, 0.1) is 6.92 Å². The van der Waals surface area contributed by atoms with Crippen LogP contribution in [-0.4, -0.2) is 36.9 Å². The largest absolute Gasteiger partial charge is 0.368 e. The highest BCUT2D eigenvalue weighted by Gasteiger charge is 2.17. The molecule has 4 rings (SSSR count). The Labute approximate surface area is 172 Å². The first-order valence-electron chi connectivity index (χ1n) is 10.3. The molecular formula is C25H27N3O. The Morgan fingerprint density at radius 1 is 0.793 bits per heavy atom. The van der Waals surface area contributed by atoms with Crippen molar-refractivity contribution in [1.29, 1.82) is 0 Å². The normalized spacial score (nSPS) is 14.1. The Hall–Kier alpha value is -3.14. The first-order chi connectivity index (χ1) is 14.2. The van der Waals surface area contributed by atoms with E-state index in [4.69, 9.17) is 0 Å². The smallest absolute Gasteiger partial charge is 0.163 e. The summed E-state index contributed by atoms with van der Waals surface area (Å²) in [5, 5.41) is 0. The van der Waals surface area contributed by atoms with Crippen molar-refractivity contribution in [2.45, 2.75) is 19.8 Å². The Morgan fingerprint density at radius 2 is 1.34 bits per heavy atom. The van der Waals surface area contributed by atoms with E-state index in [-0.39, 0.29) is 5.78 Å². The predicted octanol–water partition coefficient (Wildman–Crippen LogP) is 4.53. The molecule has 0 saturated carbocycles. The number of hydrogen-bond donors (Lipinski definition) is 0. The molecule has 1 saturated heterocycles. The summed E-state index contributed by atoms with van der Waals surface area (Å²) in [5.74, 6) is 0.210. The van der Waals surface area contributed by atoms with Crippen molar-refractivity contribution in [2.24, 2.45) is 0 Å². The molecule has 0 N–H and O–H groups in total. The average Bonchev–Trinajstić information content (AvgIpc) is 2.79. The molecule has 4 nitrogen and oxygen atoms in total. The third-order valence-corrected chi connectivity index (χ3v) is 5.62. The average molecular weight is 386 g/mol. The van der Waals surface area contributed by atoms with E-state index in [1.807, 2.05) is 43.6 Å². The first kappa shape index (κ1) is 19.2. The van der Waals surface area contributed by atoms with Gasteiger partial charge in [-0.1, -0.05) is 42.0 Å². The maximum absolute atomic E-state index is 12.4. The number of pyridine rings is 1. The summed E-state index contributed by atoms with van der Waals surface area (Å²) >= 11 is 0. The molecule has 1 fully saturated rings. The minimum atomic E-state index is 0.210. The minimum absolute atomic E-state index is 0.210. The lowest BCUT2D eigenvalue weighted by Crippen LogP contribution is -2.46. The maximum Gasteiger partial charge on any atom is 0.163 e. The van der Waals surface area contributed by atoms with E-state index in [0.29, 0.717) is 6.42 Å². The Balaban J connectivity index is 1.29. The Bertz CT molecular complexity index is 928. The standard InChI is InChI=1S/C25H27N3O/c1-20-2-7-22(8-3-20)25(29)11-6-21-4-9-23(10-5-21)27-16-18-28(19-17-27)24-12-14-26-15-13-24/h2-5,7-10,12-15H,6,11,16-19H2,1H3. The third kappa shape index (κ3) is 4.83. The van der Waals surface area contributed by atoms with Crippen LogP contribution >= 0.6 is 0 Å². The molecule has 0 spiro atoms. The molecule has 0 amide bonds. The van der Waals surface area contributed by atoms with Crippen molar-refractivity contribution in [3.63, 3.8) is 0 Å². The summed E-state index contributed by atoms with van der Waals surface area (Å²) in [6, 6.07) is 20.7. The zero-order valence-electron chi connectivity index (χ0n) is 16.9. The van der Waals surface area contributed by atoms with Crippen LogP contribution in [0.2, 0.25) is 0 Å². The summed E-state index contributed by atoms with van der Waals surface area (Å²) in [6.45, 7) is 6.07. The number of hydrogen-bond acceptors (Lipinski definition) is 4. The second-order valence-corrected chi connectivity index (χ2v) is 7.64. The van der Waals surface area contributed by atoms with E-state index in [2.05, 4.69) is 51.2 Å². The van der Waals surface area contributed by atoms with E-state index in [1.165, 1.54) is 22.5 Å². The molecule has 148 valence electrons. The van der Waals surface area contributed by atoms with Crippen molar-refractivity contribution in [3.05, 3.63) is 89.7 Å². The predicted molar refractivity (Wildman–Crippen MR) is 119 cm³/mol. The number of nitrogens with zero attached hydrogens (tertiary/aromatic N) is 3. The monoisotopic (exact) mass is 385 g/mol. The van der Waals surface area contributed by atoms with Crippen LogP contribution in [0.3, 0.4) is 0 Å². The van der Waals surface area contributed by atoms with Crippen molar-refractivity contribution in [3.8, 4) is 0 Å². The number of aromatic nitrogens is 1. The molecule has 0 atom stereocenters. The van der Waals surface area contributed by atoms with Crippen LogP contribution in [0.5, 0.6) is 0 Å². The highest BCUT2D eigenvalue weighted by Crippen LogP contribution is 2.21. The second-order valence-electron chi connectivity index (χ2n) is 7.64. The number of aryl methyl sites for hydroxylation is 2. The van der Waals surface area contributed by atoms with Gasteiger partial charge in [-0.3, -0.25) is 9.78 Å². The van der Waals surface area contributed by atoms with Gasteiger partial charge in [0.25, 0.3) is 0 Å². The van der Waals surface area contributed by atoms with Gasteiger partial charge in [0, 0.05) is 61.9 Å². The number of Topliss-reactive ketones (excluding diaryl/α,β-unsaturated/α-hetero) is 1. The quantitative estimate of drug-likeness (QED) is 0.584. The third-order valence-electron chi connectivity index (χ3n) is 5.62. The zero-order valence-corrected chi connectivity index (χ0v) is 16.9. The number of piperazine rings is 1. The first-order valence-corrected chi connectivity index (χ1v) is 10.3. The van der Waals surface area contributed by atoms with Crippen LogP contribution in [0.4, 0.5) is 11.4 Å². The van der Waals surface area contributed by atoms with E-state index < -0.39 is 0 Å². The molecule has 0 aliphatic carbocycles. The second kappa shape index (κ2) is 8.91. The molecule has 29 heavy (non-hydrogen) atoms. The van der Waals surface area contributed by atoms with E-state index >= 15 is 0 Å². The molecule has 4 heteroatoms. The molecule has 1 aliphatic rings. The van der Waals surface area contributed by atoms with Gasteiger partial charge in [0.15, 0.2) is 5.78 Å². The lowest BCUT2D eigenvalue weighted by atomic mass is 10.0. The molecule has 0 bridgehead atoms. The fourth-order valence-corrected chi connectivity index (χ4v) is 3.79. The van der Waals surface area contributed by atoms with Crippen molar-refractivity contribution in [2.75, 3.05) is 36.0 Å². The van der Waals surface area contributed by atoms with E-state index in [0.717, 1.165) is 38.2 Å². The molecule has 2 aromatic carbocycles. The molecule has 0 radical (unpaired) electrons. The van der Waals surface area contributed by atoms with Gasteiger partial charge in [-0.15, -0.1) is 0 Å². The van der Waals surface area contributed by atoms with Crippen molar-refractivity contribution < 1.29 is 4.79 Å². The fraction of sp³-hybridized carbons (Fsp3) is 0.280. The zero-order chi connectivity index (χ0) is 20.1. The van der Waals surface area contributed by atoms with Crippen LogP contribution in [0.25, 0.3) is 0 Å². The van der Waals surface area contributed by atoms with Gasteiger partial charge in [-0.25, -0.2) is 0 Å². The van der Waals surface area contributed by atoms with Gasteiger partial charge in [0.05, 0.1) is 0 Å². The van der Waals surface area contributed by atoms with Gasteiger partial charge in [-0.2, -0.15) is 0 Å². The summed E-state index contributed by atoms with van der Waals surface area (Å²) in [5.41, 5.74) is 5.70. The molecule has 0 unspecified atom stereocenters. The summed E-state index contributed by atoms with van der Waals surface area (Å²) < 4.78 is 0. The number of anilines is 2. The SMILES string of the molecule is Cc1ccc(C(=O)CCc2ccc(N3CCN(c4ccncc4)CC3)cc2)cc1. The highest BCUT2D eigenvalue weighted by atomic mass is 16.1. The van der Waals surface area contributed by atoms with Gasteiger partial charge < -0.3 is 9.80 Å². The lowest BCUT2D eigenvalue weighted by Gasteiger charge is -2.37. The van der Waals surface area contributed by atoms with Crippen LogP contribution < -0.4 is 9.80 Å². The Kier molecular flexibility index (Phi) is 5.89. The van der Waals surface area contributed by atoms with Crippen LogP contribution in [-0.2, 0) is 6.42 Å². The van der Waals surface area contributed by atoms with Gasteiger partial charge in [0.1, 0.15) is 0 Å². The number of ketones is 1. The lowest BCUT2D eigenvalue weighted by molar-refractivity contribution is 0.0983. The molecular weight excluding hydrogens is 358 g/mol. The number of benzene rings is 2. The van der Waals surface area contributed by atoms with E-state index in [9.17, 15) is 4.79 Å².